The number of benzene rings is 2. The van der Waals surface area contributed by atoms with E-state index >= 15 is 0 Å². The smallest absolute Gasteiger partial charge is 0.162 e. The molecule has 0 aliphatic rings. The predicted octanol–water partition coefficient (Wildman–Crippen LogP) is 5.20. The molecule has 98 valence electrons. The molecule has 1 nitrogen and oxygen atoms in total. The number of carbonyl (C=O) groups is 1. The number of carbonyl (C=O) groups excluding carboxylic acids is 1. The van der Waals surface area contributed by atoms with Crippen molar-refractivity contribution in [3.63, 3.8) is 0 Å². The lowest BCUT2D eigenvalue weighted by molar-refractivity contribution is 0.0982. The van der Waals surface area contributed by atoms with E-state index in [-0.39, 0.29) is 5.78 Å². The van der Waals surface area contributed by atoms with Crippen molar-refractivity contribution in [2.75, 3.05) is 5.75 Å². The Morgan fingerprint density at radius 3 is 2.37 bits per heavy atom. The summed E-state index contributed by atoms with van der Waals surface area (Å²) in [5, 5.41) is 0. The summed E-state index contributed by atoms with van der Waals surface area (Å²) in [4.78, 5) is 13.2. The third-order valence-corrected chi connectivity index (χ3v) is 4.35. The van der Waals surface area contributed by atoms with E-state index in [9.17, 15) is 4.79 Å². The molecule has 2 aromatic rings. The van der Waals surface area contributed by atoms with Gasteiger partial charge in [-0.2, -0.15) is 0 Å². The molecule has 19 heavy (non-hydrogen) atoms. The maximum Gasteiger partial charge on any atom is 0.162 e. The molecular formula is C16H15BrOS. The van der Waals surface area contributed by atoms with Gasteiger partial charge in [0.05, 0.1) is 0 Å². The number of hydrogen-bond donors (Lipinski definition) is 0. The molecule has 0 aliphatic carbocycles. The molecule has 0 amide bonds. The Morgan fingerprint density at radius 1 is 1.00 bits per heavy atom. The van der Waals surface area contributed by atoms with Gasteiger partial charge in [0.25, 0.3) is 0 Å². The molecule has 0 N–H and O–H groups in total. The first-order valence-electron chi connectivity index (χ1n) is 6.22. The topological polar surface area (TPSA) is 17.1 Å². The van der Waals surface area contributed by atoms with Crippen LogP contribution < -0.4 is 0 Å². The summed E-state index contributed by atoms with van der Waals surface area (Å²) in [6, 6.07) is 17.8. The van der Waals surface area contributed by atoms with Gasteiger partial charge in [0.2, 0.25) is 0 Å². The second-order valence-electron chi connectivity index (χ2n) is 4.20. The number of ketones is 1. The minimum atomic E-state index is 0.223. The van der Waals surface area contributed by atoms with E-state index in [0.717, 1.165) is 22.2 Å². The largest absolute Gasteiger partial charge is 0.294 e. The van der Waals surface area contributed by atoms with Crippen molar-refractivity contribution in [2.24, 2.45) is 0 Å². The molecule has 0 fully saturated rings. The summed E-state index contributed by atoms with van der Waals surface area (Å²) in [6.45, 7) is 0. The van der Waals surface area contributed by atoms with Gasteiger partial charge in [-0.15, -0.1) is 11.8 Å². The van der Waals surface area contributed by atoms with Crippen LogP contribution in [-0.4, -0.2) is 11.5 Å². The van der Waals surface area contributed by atoms with Gasteiger partial charge in [-0.1, -0.05) is 46.3 Å². The highest BCUT2D eigenvalue weighted by atomic mass is 79.9. The molecule has 0 radical (unpaired) electrons. The number of hydrogen-bond acceptors (Lipinski definition) is 2. The van der Waals surface area contributed by atoms with E-state index in [2.05, 4.69) is 28.1 Å². The van der Waals surface area contributed by atoms with Gasteiger partial charge in [-0.25, -0.2) is 0 Å². The first kappa shape index (κ1) is 14.4. The van der Waals surface area contributed by atoms with E-state index < -0.39 is 0 Å². The zero-order chi connectivity index (χ0) is 13.5. The van der Waals surface area contributed by atoms with E-state index in [1.807, 2.05) is 42.5 Å². The summed E-state index contributed by atoms with van der Waals surface area (Å²) < 4.78 is 1.00. The average Bonchev–Trinajstić information content (AvgIpc) is 2.45. The summed E-state index contributed by atoms with van der Waals surface area (Å²) in [7, 11) is 0. The number of thioether (sulfide) groups is 1. The Labute approximate surface area is 126 Å². The van der Waals surface area contributed by atoms with Crippen molar-refractivity contribution in [3.05, 3.63) is 64.6 Å². The molecule has 0 saturated heterocycles. The SMILES string of the molecule is O=C(CCCSc1ccccc1)c1ccc(Br)cc1. The van der Waals surface area contributed by atoms with Gasteiger partial charge < -0.3 is 0 Å². The highest BCUT2D eigenvalue weighted by Gasteiger charge is 2.05. The lowest BCUT2D eigenvalue weighted by atomic mass is 10.1. The molecule has 0 bridgehead atoms. The zero-order valence-electron chi connectivity index (χ0n) is 10.5. The Balaban J connectivity index is 1.74. The average molecular weight is 335 g/mol. The fourth-order valence-corrected chi connectivity index (χ4v) is 2.86. The van der Waals surface area contributed by atoms with Gasteiger partial charge >= 0.3 is 0 Å². The zero-order valence-corrected chi connectivity index (χ0v) is 12.9. The quantitative estimate of drug-likeness (QED) is 0.410. The minimum Gasteiger partial charge on any atom is -0.294 e. The van der Waals surface area contributed by atoms with E-state index in [0.29, 0.717) is 6.42 Å². The highest BCUT2D eigenvalue weighted by molar-refractivity contribution is 9.10. The first-order chi connectivity index (χ1) is 9.25. The second kappa shape index (κ2) is 7.51. The van der Waals surface area contributed by atoms with E-state index in [4.69, 9.17) is 0 Å². The lowest BCUT2D eigenvalue weighted by Gasteiger charge is -2.02. The van der Waals surface area contributed by atoms with Crippen LogP contribution in [0, 0.1) is 0 Å². The third kappa shape index (κ3) is 4.84. The summed E-state index contributed by atoms with van der Waals surface area (Å²) in [5.74, 6) is 1.20. The molecule has 2 rings (SSSR count). The Kier molecular flexibility index (Phi) is 5.67. The monoisotopic (exact) mass is 334 g/mol. The second-order valence-corrected chi connectivity index (χ2v) is 6.28. The summed E-state index contributed by atoms with van der Waals surface area (Å²) >= 11 is 5.17. The lowest BCUT2D eigenvalue weighted by Crippen LogP contribution is -1.99. The van der Waals surface area contributed by atoms with Gasteiger partial charge in [0, 0.05) is 21.4 Å². The first-order valence-corrected chi connectivity index (χ1v) is 8.00. The molecule has 0 saturated carbocycles. The molecule has 0 heterocycles. The normalized spacial score (nSPS) is 10.4. The van der Waals surface area contributed by atoms with Gasteiger partial charge in [-0.05, 0) is 36.4 Å². The molecule has 0 aromatic heterocycles. The molecule has 2 aromatic carbocycles. The van der Waals surface area contributed by atoms with Crippen molar-refractivity contribution in [1.82, 2.24) is 0 Å². The van der Waals surface area contributed by atoms with Crippen LogP contribution in [0.1, 0.15) is 23.2 Å². The van der Waals surface area contributed by atoms with E-state index in [1.54, 1.807) is 11.8 Å². The van der Waals surface area contributed by atoms with Crippen LogP contribution in [0.25, 0.3) is 0 Å². The Morgan fingerprint density at radius 2 is 1.68 bits per heavy atom. The van der Waals surface area contributed by atoms with Crippen LogP contribution in [0.2, 0.25) is 0 Å². The van der Waals surface area contributed by atoms with Crippen LogP contribution >= 0.6 is 27.7 Å². The maximum atomic E-state index is 11.9. The highest BCUT2D eigenvalue weighted by Crippen LogP contribution is 2.19. The third-order valence-electron chi connectivity index (χ3n) is 2.73. The van der Waals surface area contributed by atoms with Gasteiger partial charge in [0.15, 0.2) is 5.78 Å². The van der Waals surface area contributed by atoms with Crippen molar-refractivity contribution in [2.45, 2.75) is 17.7 Å². The summed E-state index contributed by atoms with van der Waals surface area (Å²) in [6.07, 6.45) is 1.52. The van der Waals surface area contributed by atoms with Crippen molar-refractivity contribution in [3.8, 4) is 0 Å². The molecular weight excluding hydrogens is 320 g/mol. The Hall–Kier alpha value is -1.06. The fourth-order valence-electron chi connectivity index (χ4n) is 1.72. The van der Waals surface area contributed by atoms with Crippen molar-refractivity contribution < 1.29 is 4.79 Å². The van der Waals surface area contributed by atoms with E-state index in [1.165, 1.54) is 4.90 Å². The van der Waals surface area contributed by atoms with Crippen molar-refractivity contribution in [1.29, 1.82) is 0 Å². The molecule has 0 unspecified atom stereocenters. The fraction of sp³-hybridized carbons (Fsp3) is 0.188. The maximum absolute atomic E-state index is 11.9. The van der Waals surface area contributed by atoms with Gasteiger partial charge in [0.1, 0.15) is 0 Å². The van der Waals surface area contributed by atoms with Crippen LogP contribution in [0.3, 0.4) is 0 Å². The van der Waals surface area contributed by atoms with Crippen LogP contribution in [0.4, 0.5) is 0 Å². The van der Waals surface area contributed by atoms with Crippen LogP contribution in [-0.2, 0) is 0 Å². The number of halogens is 1. The van der Waals surface area contributed by atoms with Gasteiger partial charge in [-0.3, -0.25) is 4.79 Å². The molecule has 3 heteroatoms. The van der Waals surface area contributed by atoms with Crippen molar-refractivity contribution >= 4 is 33.5 Å². The standard InChI is InChI=1S/C16H15BrOS/c17-14-10-8-13(9-11-14)16(18)7-4-12-19-15-5-2-1-3-6-15/h1-3,5-6,8-11H,4,7,12H2. The summed E-state index contributed by atoms with van der Waals surface area (Å²) in [5.41, 5.74) is 0.799. The predicted molar refractivity (Wildman–Crippen MR) is 84.9 cm³/mol. The number of rotatable bonds is 6. The molecule has 0 aliphatic heterocycles. The Bertz CT molecular complexity index is 522. The van der Waals surface area contributed by atoms with Crippen LogP contribution in [0.15, 0.2) is 64.0 Å². The minimum absolute atomic E-state index is 0.223. The van der Waals surface area contributed by atoms with Crippen LogP contribution in [0.5, 0.6) is 0 Å². The number of Topliss-reactive ketones (excluding diaryl/α,β-unsaturated/α-hetero) is 1. The molecule has 0 spiro atoms. The molecule has 0 atom stereocenters.